The molecule has 1 saturated heterocycles. The molecule has 75 heavy (non-hydrogen) atoms. The molecule has 5 heterocycles. The van der Waals surface area contributed by atoms with Crippen LogP contribution in [0.15, 0.2) is 81.2 Å². The van der Waals surface area contributed by atoms with E-state index in [1.807, 2.05) is 6.92 Å². The lowest BCUT2D eigenvalue weighted by atomic mass is 9.42. The number of aliphatic hydroxyl groups excluding tert-OH is 3. The van der Waals surface area contributed by atoms with E-state index < -0.39 is 23.4 Å². The molecule has 14 atom stereocenters. The summed E-state index contributed by atoms with van der Waals surface area (Å²) in [5, 5.41) is 42.6. The molecule has 0 aromatic rings. The van der Waals surface area contributed by atoms with Gasteiger partial charge in [0.2, 0.25) is 0 Å². The van der Waals surface area contributed by atoms with Gasteiger partial charge in [0.15, 0.2) is 0 Å². The van der Waals surface area contributed by atoms with Crippen LogP contribution in [0.2, 0.25) is 0 Å². The lowest BCUT2D eigenvalue weighted by molar-refractivity contribution is -0.138. The van der Waals surface area contributed by atoms with Crippen LogP contribution in [0.1, 0.15) is 123 Å². The second-order valence-corrected chi connectivity index (χ2v) is 26.8. The summed E-state index contributed by atoms with van der Waals surface area (Å²) >= 11 is 0. The third-order valence-corrected chi connectivity index (χ3v) is 23.1. The van der Waals surface area contributed by atoms with Gasteiger partial charge in [-0.2, -0.15) is 0 Å². The van der Waals surface area contributed by atoms with Gasteiger partial charge in [-0.15, -0.1) is 5.92 Å². The van der Waals surface area contributed by atoms with Crippen LogP contribution in [0.3, 0.4) is 0 Å². The lowest BCUT2D eigenvalue weighted by Crippen LogP contribution is -2.55. The molecule has 6 N–H and O–H groups in total. The Morgan fingerprint density at radius 1 is 0.907 bits per heavy atom. The Labute approximate surface area is 450 Å². The van der Waals surface area contributed by atoms with E-state index in [0.717, 1.165) is 105 Å². The van der Waals surface area contributed by atoms with Crippen molar-refractivity contribution in [2.45, 2.75) is 134 Å². The van der Waals surface area contributed by atoms with Gasteiger partial charge in [-0.25, -0.2) is 9.59 Å². The van der Waals surface area contributed by atoms with Gasteiger partial charge in [0.05, 0.1) is 40.8 Å². The summed E-state index contributed by atoms with van der Waals surface area (Å²) < 4.78 is 13.6. The smallest absolute Gasteiger partial charge is 0.340 e. The topological polar surface area (TPSA) is 187 Å². The second-order valence-electron chi connectivity index (χ2n) is 24.3. The number of nitrogens with one attached hydrogen (secondary N) is 3. The maximum absolute atomic E-state index is 15.6. The van der Waals surface area contributed by atoms with Crippen molar-refractivity contribution >= 4 is 45.3 Å². The summed E-state index contributed by atoms with van der Waals surface area (Å²) in [7, 11) is 3.48. The highest BCUT2D eigenvalue weighted by atomic mass is 33.1. The van der Waals surface area contributed by atoms with E-state index in [0.29, 0.717) is 61.9 Å². The number of esters is 2. The molecule has 8 aliphatic carbocycles. The molecular formula is C60H76N4O9S2. The Hall–Kier alpha value is -4.04. The fourth-order valence-corrected chi connectivity index (χ4v) is 19.9. The predicted molar refractivity (Wildman–Crippen MR) is 287 cm³/mol. The zero-order valence-electron chi connectivity index (χ0n) is 43.7. The number of fused-ring (bicyclic) bond motifs is 4. The van der Waals surface area contributed by atoms with E-state index >= 15 is 9.59 Å². The summed E-state index contributed by atoms with van der Waals surface area (Å²) in [5.41, 5.74) is 4.72. The third-order valence-electron chi connectivity index (χ3n) is 20.6. The normalized spacial score (nSPS) is 39.1. The largest absolute Gasteiger partial charge is 0.427 e. The van der Waals surface area contributed by atoms with Gasteiger partial charge < -0.3 is 40.7 Å². The molecule has 402 valence electrons. The number of imide groups is 1. The maximum atomic E-state index is 15.6. The summed E-state index contributed by atoms with van der Waals surface area (Å²) in [6.07, 6.45) is 24.1. The monoisotopic (exact) mass is 1060 g/mol. The molecule has 9 bridgehead atoms. The summed E-state index contributed by atoms with van der Waals surface area (Å²) in [4.78, 5) is 59.2. The number of allylic oxidation sites excluding steroid dienone is 5. The Bertz CT molecular complexity index is 2650. The molecule has 0 unspecified atom stereocenters. The molecule has 13 aliphatic rings. The van der Waals surface area contributed by atoms with Gasteiger partial charge in [-0.1, -0.05) is 59.8 Å². The molecule has 13 nitrogen and oxygen atoms in total. The number of carbonyl (C=O) groups excluding carboxylic acids is 4. The number of hydrogen-bond donors (Lipinski definition) is 6. The van der Waals surface area contributed by atoms with Crippen LogP contribution in [0.4, 0.5) is 0 Å². The van der Waals surface area contributed by atoms with Gasteiger partial charge >= 0.3 is 11.9 Å². The average Bonchev–Trinajstić information content (AvgIpc) is 4.28. The van der Waals surface area contributed by atoms with E-state index in [2.05, 4.69) is 52.9 Å². The van der Waals surface area contributed by atoms with Crippen LogP contribution in [-0.4, -0.2) is 94.2 Å². The van der Waals surface area contributed by atoms with E-state index in [1.165, 1.54) is 35.5 Å². The molecule has 1 spiro atoms. The van der Waals surface area contributed by atoms with Gasteiger partial charge in [-0.3, -0.25) is 14.5 Å². The number of amides is 2. The Morgan fingerprint density at radius 3 is 2.51 bits per heavy atom. The quantitative estimate of drug-likeness (QED) is 0.0538. The maximum Gasteiger partial charge on any atom is 0.340 e. The van der Waals surface area contributed by atoms with Crippen LogP contribution in [0.25, 0.3) is 0 Å². The SMILES string of the molecule is CCC1(C2=C3OC(=O)C4=C3[C@@H](CC2)C[C@H]2[C@@H]3CC[C@@]5(C6=C3[C@H](CN3C(=O)C=CC3=O)C3=CCNC(=C3)NCSS[C@H](NC[C@H](C)O)[C@@H]([C@@H]3CC[C@H]7C[C@@H](CO)C[C@H](CO)C#CC[C@H]3C7)C/C=C/5OC6=O)[C@@H]42)CCCC1. The number of ether oxygens (including phenoxy) is 2. The van der Waals surface area contributed by atoms with Crippen LogP contribution in [-0.2, 0) is 28.7 Å². The number of nitrogens with zero attached hydrogens (tertiary/aromatic N) is 1. The van der Waals surface area contributed by atoms with Gasteiger partial charge in [0, 0.05) is 73.7 Å². The molecule has 0 radical (unpaired) electrons. The molecule has 3 saturated carbocycles. The number of carbonyl (C=O) groups is 4. The Balaban J connectivity index is 1.04. The molecule has 5 aliphatic heterocycles. The predicted octanol–water partition coefficient (Wildman–Crippen LogP) is 7.85. The first kappa shape index (κ1) is 51.7. The molecule has 13 rings (SSSR count). The minimum Gasteiger partial charge on any atom is -0.427 e. The lowest BCUT2D eigenvalue weighted by Gasteiger charge is -2.58. The van der Waals surface area contributed by atoms with Crippen molar-refractivity contribution in [1.29, 1.82) is 0 Å². The zero-order valence-corrected chi connectivity index (χ0v) is 45.3. The number of rotatable bonds is 10. The standard InChI is InChI=1S/C60H76N4O9S2/c1-3-59(19-4-5-20-59)45-13-10-39-26-43-41-17-21-60(53(43)52-50(39)55(45)73-57(52)70)46-14-12-42(40-11-9-34-23-36(31-66)24-35(30-65)7-6-8-37(40)25-34)56(62-28-33(2)67)75-74-32-63-47-27-38(18-22-61-47)44(51(41)54(60)58(71)72-46)29-64-48(68)15-16-49(64)69/h14-16,18,27,33-37,39-44,53,56,61-63,65-67H,3-5,8-13,17,19-26,28-32H2,1-2H3/b46-14-/t33-,34-,35+,36+,37-,39-,40+,41-,42+,43-,44+,53+,56-,60-/m0/s1. The fourth-order valence-electron chi connectivity index (χ4n) is 17.4. The van der Waals surface area contributed by atoms with Gasteiger partial charge in [0.1, 0.15) is 11.5 Å². The van der Waals surface area contributed by atoms with Crippen molar-refractivity contribution in [2.75, 3.05) is 38.7 Å². The number of hydrogen-bond acceptors (Lipinski definition) is 14. The Kier molecular flexibility index (Phi) is 14.5. The minimum atomic E-state index is -0.987. The average molecular weight is 1060 g/mol. The zero-order chi connectivity index (χ0) is 51.8. The van der Waals surface area contributed by atoms with E-state index in [-0.39, 0.29) is 102 Å². The number of aliphatic hydroxyl groups is 3. The minimum absolute atomic E-state index is 0.00763. The van der Waals surface area contributed by atoms with E-state index in [9.17, 15) is 24.9 Å². The molecule has 15 heteroatoms. The van der Waals surface area contributed by atoms with E-state index in [4.69, 9.17) is 9.47 Å². The molecular weight excluding hydrogens is 985 g/mol. The summed E-state index contributed by atoms with van der Waals surface area (Å²) in [6.45, 7) is 5.14. The van der Waals surface area contributed by atoms with E-state index in [1.54, 1.807) is 21.6 Å². The molecule has 0 aromatic carbocycles. The van der Waals surface area contributed by atoms with Gasteiger partial charge in [0.25, 0.3) is 11.8 Å². The van der Waals surface area contributed by atoms with Crippen LogP contribution < -0.4 is 16.0 Å². The van der Waals surface area contributed by atoms with Crippen LogP contribution >= 0.6 is 21.6 Å². The first-order valence-corrected chi connectivity index (χ1v) is 31.0. The molecule has 0 aromatic heterocycles. The number of dihydropyridines is 1. The van der Waals surface area contributed by atoms with Crippen LogP contribution in [0.5, 0.6) is 0 Å². The fraction of sp³-hybridized carbons (Fsp3) is 0.667. The third kappa shape index (κ3) is 8.95. The summed E-state index contributed by atoms with van der Waals surface area (Å²) in [5.74, 6) is 8.35. The van der Waals surface area contributed by atoms with Crippen molar-refractivity contribution in [3.05, 3.63) is 81.2 Å². The van der Waals surface area contributed by atoms with Crippen molar-refractivity contribution in [2.24, 2.45) is 75.9 Å². The molecule has 4 fully saturated rings. The molecule has 2 amide bonds. The van der Waals surface area contributed by atoms with Crippen molar-refractivity contribution < 1.29 is 44.0 Å². The van der Waals surface area contributed by atoms with Gasteiger partial charge in [-0.05, 0) is 172 Å². The van der Waals surface area contributed by atoms with Crippen molar-refractivity contribution in [3.63, 3.8) is 0 Å². The first-order valence-electron chi connectivity index (χ1n) is 28.7. The highest BCUT2D eigenvalue weighted by Gasteiger charge is 2.70. The summed E-state index contributed by atoms with van der Waals surface area (Å²) in [6, 6.07) is 0. The highest BCUT2D eigenvalue weighted by Crippen LogP contribution is 2.73. The van der Waals surface area contributed by atoms with Crippen LogP contribution in [0, 0.1) is 87.8 Å². The first-order chi connectivity index (χ1) is 36.4. The second kappa shape index (κ2) is 21.0. The Morgan fingerprint density at radius 2 is 1.73 bits per heavy atom. The highest BCUT2D eigenvalue weighted by molar-refractivity contribution is 8.76. The van der Waals surface area contributed by atoms with Crippen molar-refractivity contribution in [3.8, 4) is 11.8 Å². The van der Waals surface area contributed by atoms with Crippen molar-refractivity contribution in [1.82, 2.24) is 20.9 Å².